The fourth-order valence-electron chi connectivity index (χ4n) is 1.55. The zero-order valence-electron chi connectivity index (χ0n) is 9.09. The van der Waals surface area contributed by atoms with Gasteiger partial charge in [-0.05, 0) is 30.0 Å². The van der Waals surface area contributed by atoms with Crippen LogP contribution in [-0.2, 0) is 0 Å². The molecule has 0 bridgehead atoms. The van der Waals surface area contributed by atoms with Crippen molar-refractivity contribution in [3.8, 4) is 5.69 Å². The Morgan fingerprint density at radius 1 is 1.40 bits per heavy atom. The van der Waals surface area contributed by atoms with Gasteiger partial charge in [-0.3, -0.25) is 0 Å². The van der Waals surface area contributed by atoms with E-state index in [1.54, 1.807) is 17.3 Å². The summed E-state index contributed by atoms with van der Waals surface area (Å²) in [6.07, 6.45) is 4.42. The summed E-state index contributed by atoms with van der Waals surface area (Å²) < 4.78 is 1.78. The lowest BCUT2D eigenvalue weighted by molar-refractivity contribution is 0.731. The van der Waals surface area contributed by atoms with Gasteiger partial charge in [0.25, 0.3) is 0 Å². The first-order valence-corrected chi connectivity index (χ1v) is 5.26. The molecule has 3 nitrogen and oxygen atoms in total. The lowest BCUT2D eigenvalue weighted by Crippen LogP contribution is -1.97. The van der Waals surface area contributed by atoms with Crippen LogP contribution in [0.4, 0.5) is 0 Å². The number of hydrogen-bond donors (Lipinski definition) is 0. The van der Waals surface area contributed by atoms with Gasteiger partial charge in [0.2, 0.25) is 0 Å². The lowest BCUT2D eigenvalue weighted by Gasteiger charge is -2.10. The fraction of sp³-hybridized carbons (Fsp3) is 0.333. The second-order valence-electron chi connectivity index (χ2n) is 3.74. The summed E-state index contributed by atoms with van der Waals surface area (Å²) >= 11 is 0. The highest BCUT2D eigenvalue weighted by Crippen LogP contribution is 2.20. The maximum Gasteiger partial charge on any atom is 0.138 e. The fourth-order valence-corrected chi connectivity index (χ4v) is 1.55. The lowest BCUT2D eigenvalue weighted by atomic mass is 9.98. The van der Waals surface area contributed by atoms with Gasteiger partial charge in [0.1, 0.15) is 12.7 Å². The third kappa shape index (κ3) is 2.06. The topological polar surface area (TPSA) is 30.7 Å². The predicted octanol–water partition coefficient (Wildman–Crippen LogP) is 2.78. The van der Waals surface area contributed by atoms with Gasteiger partial charge in [-0.1, -0.05) is 26.0 Å². The Bertz CT molecular complexity index is 420. The van der Waals surface area contributed by atoms with Gasteiger partial charge in [0, 0.05) is 0 Å². The van der Waals surface area contributed by atoms with E-state index in [2.05, 4.69) is 42.1 Å². The van der Waals surface area contributed by atoms with Crippen molar-refractivity contribution in [2.75, 3.05) is 0 Å². The Kier molecular flexibility index (Phi) is 2.81. The van der Waals surface area contributed by atoms with Crippen LogP contribution in [0.5, 0.6) is 0 Å². The van der Waals surface area contributed by atoms with Crippen LogP contribution < -0.4 is 0 Å². The van der Waals surface area contributed by atoms with Gasteiger partial charge in [-0.25, -0.2) is 9.67 Å². The molecule has 15 heavy (non-hydrogen) atoms. The summed E-state index contributed by atoms with van der Waals surface area (Å²) in [6.45, 7) is 4.44. The second-order valence-corrected chi connectivity index (χ2v) is 3.74. The quantitative estimate of drug-likeness (QED) is 0.764. The highest BCUT2D eigenvalue weighted by atomic mass is 15.3. The number of hydrogen-bond acceptors (Lipinski definition) is 2. The van der Waals surface area contributed by atoms with Crippen LogP contribution in [0.3, 0.4) is 0 Å². The van der Waals surface area contributed by atoms with Crippen molar-refractivity contribution in [3.05, 3.63) is 42.5 Å². The summed E-state index contributed by atoms with van der Waals surface area (Å²) in [5, 5.41) is 4.12. The van der Waals surface area contributed by atoms with Crippen molar-refractivity contribution in [2.24, 2.45) is 0 Å². The molecule has 3 heteroatoms. The number of aromatic nitrogens is 3. The van der Waals surface area contributed by atoms with Crippen LogP contribution in [0.2, 0.25) is 0 Å². The molecular weight excluding hydrogens is 186 g/mol. The molecule has 0 fully saturated rings. The molecule has 0 aliphatic heterocycles. The second kappa shape index (κ2) is 4.26. The SMILES string of the molecule is CCC(C)c1cccc(-n2cncn2)c1. The molecular formula is C12H15N3. The van der Waals surface area contributed by atoms with Crippen molar-refractivity contribution in [2.45, 2.75) is 26.2 Å². The molecule has 1 atom stereocenters. The van der Waals surface area contributed by atoms with E-state index in [4.69, 9.17) is 0 Å². The number of nitrogens with zero attached hydrogens (tertiary/aromatic N) is 3. The van der Waals surface area contributed by atoms with Gasteiger partial charge in [-0.15, -0.1) is 0 Å². The van der Waals surface area contributed by atoms with Crippen LogP contribution in [0.25, 0.3) is 5.69 Å². The summed E-state index contributed by atoms with van der Waals surface area (Å²) in [7, 11) is 0. The highest BCUT2D eigenvalue weighted by Gasteiger charge is 2.04. The number of benzene rings is 1. The average molecular weight is 201 g/mol. The van der Waals surface area contributed by atoms with Gasteiger partial charge in [0.05, 0.1) is 5.69 Å². The molecule has 0 N–H and O–H groups in total. The summed E-state index contributed by atoms with van der Waals surface area (Å²) in [6, 6.07) is 8.44. The van der Waals surface area contributed by atoms with E-state index in [9.17, 15) is 0 Å². The smallest absolute Gasteiger partial charge is 0.138 e. The minimum atomic E-state index is 0.591. The van der Waals surface area contributed by atoms with Crippen molar-refractivity contribution in [1.82, 2.24) is 14.8 Å². The van der Waals surface area contributed by atoms with E-state index in [1.807, 2.05) is 6.07 Å². The Morgan fingerprint density at radius 2 is 2.27 bits per heavy atom. The Hall–Kier alpha value is -1.64. The first-order chi connectivity index (χ1) is 7.31. The van der Waals surface area contributed by atoms with Crippen LogP contribution in [0, 0.1) is 0 Å². The van der Waals surface area contributed by atoms with E-state index >= 15 is 0 Å². The summed E-state index contributed by atoms with van der Waals surface area (Å²) in [4.78, 5) is 3.95. The Morgan fingerprint density at radius 3 is 2.93 bits per heavy atom. The molecule has 0 amide bonds. The van der Waals surface area contributed by atoms with Gasteiger partial charge >= 0.3 is 0 Å². The molecule has 0 radical (unpaired) electrons. The average Bonchev–Trinajstić information content (AvgIpc) is 2.82. The molecule has 78 valence electrons. The maximum absolute atomic E-state index is 4.12. The van der Waals surface area contributed by atoms with Crippen LogP contribution >= 0.6 is 0 Å². The van der Waals surface area contributed by atoms with E-state index in [-0.39, 0.29) is 0 Å². The van der Waals surface area contributed by atoms with Gasteiger partial charge < -0.3 is 0 Å². The first-order valence-electron chi connectivity index (χ1n) is 5.26. The van der Waals surface area contributed by atoms with Crippen molar-refractivity contribution < 1.29 is 0 Å². The molecule has 1 heterocycles. The van der Waals surface area contributed by atoms with Crippen LogP contribution in [0.1, 0.15) is 31.7 Å². The predicted molar refractivity (Wildman–Crippen MR) is 60.1 cm³/mol. The monoisotopic (exact) mass is 201 g/mol. The van der Waals surface area contributed by atoms with E-state index in [0.29, 0.717) is 5.92 Å². The molecule has 0 aliphatic rings. The zero-order chi connectivity index (χ0) is 10.7. The maximum atomic E-state index is 4.12. The zero-order valence-corrected chi connectivity index (χ0v) is 9.09. The van der Waals surface area contributed by atoms with Crippen LogP contribution in [-0.4, -0.2) is 14.8 Å². The largest absolute Gasteiger partial charge is 0.223 e. The molecule has 0 saturated heterocycles. The van der Waals surface area contributed by atoms with Crippen molar-refractivity contribution in [3.63, 3.8) is 0 Å². The molecule has 0 aliphatic carbocycles. The van der Waals surface area contributed by atoms with Crippen molar-refractivity contribution in [1.29, 1.82) is 0 Å². The van der Waals surface area contributed by atoms with E-state index < -0.39 is 0 Å². The van der Waals surface area contributed by atoms with E-state index in [1.165, 1.54) is 5.56 Å². The summed E-state index contributed by atoms with van der Waals surface area (Å²) in [5.74, 6) is 0.591. The normalized spacial score (nSPS) is 12.7. The molecule has 2 aromatic rings. The summed E-state index contributed by atoms with van der Waals surface area (Å²) in [5.41, 5.74) is 2.43. The highest BCUT2D eigenvalue weighted by molar-refractivity contribution is 5.35. The Labute approximate surface area is 89.8 Å². The van der Waals surface area contributed by atoms with Gasteiger partial charge in [0.15, 0.2) is 0 Å². The third-order valence-corrected chi connectivity index (χ3v) is 2.73. The van der Waals surface area contributed by atoms with Gasteiger partial charge in [-0.2, -0.15) is 5.10 Å². The standard InChI is InChI=1S/C12H15N3/c1-3-10(2)11-5-4-6-12(7-11)15-9-13-8-14-15/h4-10H,3H2,1-2H3. The Balaban J connectivity index is 2.35. The van der Waals surface area contributed by atoms with Crippen LogP contribution in [0.15, 0.2) is 36.9 Å². The molecule has 1 aromatic heterocycles. The van der Waals surface area contributed by atoms with Crippen molar-refractivity contribution >= 4 is 0 Å². The number of rotatable bonds is 3. The third-order valence-electron chi connectivity index (χ3n) is 2.73. The first kappa shape index (κ1) is 9.90. The minimum absolute atomic E-state index is 0.591. The molecule has 1 aromatic carbocycles. The molecule has 0 spiro atoms. The minimum Gasteiger partial charge on any atom is -0.223 e. The molecule has 0 saturated carbocycles. The van der Waals surface area contributed by atoms with E-state index in [0.717, 1.165) is 12.1 Å². The molecule has 1 unspecified atom stereocenters. The molecule has 2 rings (SSSR count).